The second kappa shape index (κ2) is 3.88. The van der Waals surface area contributed by atoms with Crippen LogP contribution in [0.4, 0.5) is 5.88 Å². The van der Waals surface area contributed by atoms with Gasteiger partial charge in [0.1, 0.15) is 5.69 Å². The molecule has 0 atom stereocenters. The lowest BCUT2D eigenvalue weighted by molar-refractivity contribution is -0.116. The van der Waals surface area contributed by atoms with Gasteiger partial charge in [-0.2, -0.15) is 0 Å². The van der Waals surface area contributed by atoms with E-state index in [4.69, 9.17) is 4.42 Å². The van der Waals surface area contributed by atoms with E-state index in [-0.39, 0.29) is 5.91 Å². The molecule has 4 nitrogen and oxygen atoms in total. The van der Waals surface area contributed by atoms with Crippen LogP contribution in [0.15, 0.2) is 10.5 Å². The Morgan fingerprint density at radius 3 is 3.13 bits per heavy atom. The number of oxazole rings is 1. The SMILES string of the molecule is CC(=O)N1CCCC=Cc2nc(C)oc21. The maximum atomic E-state index is 11.4. The highest BCUT2D eigenvalue weighted by Crippen LogP contribution is 2.25. The zero-order chi connectivity index (χ0) is 10.8. The highest BCUT2D eigenvalue weighted by atomic mass is 16.4. The smallest absolute Gasteiger partial charge is 0.230 e. The van der Waals surface area contributed by atoms with Crippen molar-refractivity contribution in [1.82, 2.24) is 4.98 Å². The van der Waals surface area contributed by atoms with Gasteiger partial charge in [0.05, 0.1) is 0 Å². The number of carbonyl (C=O) groups excluding carboxylic acids is 1. The van der Waals surface area contributed by atoms with Crippen LogP contribution in [0.25, 0.3) is 6.08 Å². The number of aryl methyl sites for hydroxylation is 1. The second-order valence-corrected chi connectivity index (χ2v) is 3.64. The zero-order valence-corrected chi connectivity index (χ0v) is 8.99. The number of fused-ring (bicyclic) bond motifs is 1. The molecule has 1 aliphatic heterocycles. The standard InChI is InChI=1S/C11H14N2O2/c1-8-12-10-6-4-3-5-7-13(9(2)14)11(10)15-8/h4,6H,3,5,7H2,1-2H3. The van der Waals surface area contributed by atoms with Gasteiger partial charge < -0.3 is 4.42 Å². The summed E-state index contributed by atoms with van der Waals surface area (Å²) in [4.78, 5) is 17.3. The quantitative estimate of drug-likeness (QED) is 0.653. The van der Waals surface area contributed by atoms with E-state index in [9.17, 15) is 4.79 Å². The summed E-state index contributed by atoms with van der Waals surface area (Å²) in [5, 5.41) is 0. The van der Waals surface area contributed by atoms with Crippen LogP contribution in [-0.2, 0) is 4.79 Å². The second-order valence-electron chi connectivity index (χ2n) is 3.64. The Morgan fingerprint density at radius 1 is 1.60 bits per heavy atom. The van der Waals surface area contributed by atoms with Crippen LogP contribution in [0.1, 0.15) is 31.4 Å². The third-order valence-corrected chi connectivity index (χ3v) is 2.39. The van der Waals surface area contributed by atoms with Crippen LogP contribution in [0.5, 0.6) is 0 Å². The fourth-order valence-corrected chi connectivity index (χ4v) is 1.70. The maximum absolute atomic E-state index is 11.4. The molecular weight excluding hydrogens is 192 g/mol. The van der Waals surface area contributed by atoms with E-state index in [1.165, 1.54) is 0 Å². The molecule has 2 rings (SSSR count). The summed E-state index contributed by atoms with van der Waals surface area (Å²) in [7, 11) is 0. The van der Waals surface area contributed by atoms with Gasteiger partial charge in [-0.05, 0) is 18.9 Å². The normalized spacial score (nSPS) is 15.7. The van der Waals surface area contributed by atoms with Gasteiger partial charge in [-0.25, -0.2) is 4.98 Å². The van der Waals surface area contributed by atoms with E-state index >= 15 is 0 Å². The van der Waals surface area contributed by atoms with Gasteiger partial charge in [-0.15, -0.1) is 0 Å². The van der Waals surface area contributed by atoms with Gasteiger partial charge in [0.2, 0.25) is 11.8 Å². The van der Waals surface area contributed by atoms with Crippen LogP contribution >= 0.6 is 0 Å². The van der Waals surface area contributed by atoms with Crippen molar-refractivity contribution in [1.29, 1.82) is 0 Å². The minimum Gasteiger partial charge on any atom is -0.424 e. The minimum absolute atomic E-state index is 0.00250. The average Bonchev–Trinajstić information content (AvgIpc) is 2.47. The van der Waals surface area contributed by atoms with Crippen molar-refractivity contribution in [3.05, 3.63) is 17.7 Å². The molecule has 0 saturated carbocycles. The summed E-state index contributed by atoms with van der Waals surface area (Å²) < 4.78 is 5.46. The van der Waals surface area contributed by atoms with Crippen molar-refractivity contribution in [2.45, 2.75) is 26.7 Å². The fourth-order valence-electron chi connectivity index (χ4n) is 1.70. The molecule has 0 unspecified atom stereocenters. The monoisotopic (exact) mass is 206 g/mol. The van der Waals surface area contributed by atoms with Crippen molar-refractivity contribution in [3.8, 4) is 0 Å². The van der Waals surface area contributed by atoms with Gasteiger partial charge in [-0.3, -0.25) is 9.69 Å². The van der Waals surface area contributed by atoms with Crippen LogP contribution in [-0.4, -0.2) is 17.4 Å². The van der Waals surface area contributed by atoms with E-state index < -0.39 is 0 Å². The predicted octanol–water partition coefficient (Wildman–Crippen LogP) is 2.14. The number of aromatic nitrogens is 1. The average molecular weight is 206 g/mol. The van der Waals surface area contributed by atoms with Crippen molar-refractivity contribution in [2.24, 2.45) is 0 Å². The summed E-state index contributed by atoms with van der Waals surface area (Å²) in [5.41, 5.74) is 0.752. The largest absolute Gasteiger partial charge is 0.424 e. The van der Waals surface area contributed by atoms with Gasteiger partial charge >= 0.3 is 0 Å². The van der Waals surface area contributed by atoms with E-state index in [1.807, 2.05) is 6.08 Å². The van der Waals surface area contributed by atoms with Gasteiger partial charge in [-0.1, -0.05) is 6.08 Å². The van der Waals surface area contributed by atoms with Gasteiger partial charge in [0.15, 0.2) is 5.89 Å². The molecular formula is C11H14N2O2. The molecule has 1 aliphatic rings. The first-order valence-corrected chi connectivity index (χ1v) is 5.10. The Morgan fingerprint density at radius 2 is 2.40 bits per heavy atom. The minimum atomic E-state index is 0.00250. The van der Waals surface area contributed by atoms with Crippen LogP contribution in [0.3, 0.4) is 0 Å². The van der Waals surface area contributed by atoms with Crippen molar-refractivity contribution >= 4 is 17.9 Å². The molecule has 0 saturated heterocycles. The number of hydrogen-bond donors (Lipinski definition) is 0. The molecule has 1 aromatic heterocycles. The molecule has 4 heteroatoms. The van der Waals surface area contributed by atoms with Crippen molar-refractivity contribution < 1.29 is 9.21 Å². The topological polar surface area (TPSA) is 46.3 Å². The lowest BCUT2D eigenvalue weighted by atomic mass is 10.2. The molecule has 0 aromatic carbocycles. The van der Waals surface area contributed by atoms with E-state index in [0.29, 0.717) is 18.3 Å². The van der Waals surface area contributed by atoms with E-state index in [2.05, 4.69) is 11.1 Å². The van der Waals surface area contributed by atoms with Crippen molar-refractivity contribution in [2.75, 3.05) is 11.4 Å². The molecule has 1 amide bonds. The number of anilines is 1. The number of allylic oxidation sites excluding steroid dienone is 1. The highest BCUT2D eigenvalue weighted by molar-refractivity contribution is 5.91. The molecule has 80 valence electrons. The molecule has 0 bridgehead atoms. The van der Waals surface area contributed by atoms with Gasteiger partial charge in [0.25, 0.3) is 0 Å². The number of nitrogens with zero attached hydrogens (tertiary/aromatic N) is 2. The maximum Gasteiger partial charge on any atom is 0.230 e. The third kappa shape index (κ3) is 1.93. The summed E-state index contributed by atoms with van der Waals surface area (Å²) in [6.07, 6.45) is 5.91. The van der Waals surface area contributed by atoms with Crippen LogP contribution < -0.4 is 4.90 Å². The highest BCUT2D eigenvalue weighted by Gasteiger charge is 2.20. The molecule has 2 heterocycles. The molecule has 0 aliphatic carbocycles. The number of amides is 1. The summed E-state index contributed by atoms with van der Waals surface area (Å²) in [6.45, 7) is 4.03. The van der Waals surface area contributed by atoms with E-state index in [1.54, 1.807) is 18.7 Å². The summed E-state index contributed by atoms with van der Waals surface area (Å²) >= 11 is 0. The van der Waals surface area contributed by atoms with Crippen molar-refractivity contribution in [3.63, 3.8) is 0 Å². The Balaban J connectivity index is 2.46. The Kier molecular flexibility index (Phi) is 2.58. The summed E-state index contributed by atoms with van der Waals surface area (Å²) in [5.74, 6) is 1.18. The fraction of sp³-hybridized carbons (Fsp3) is 0.455. The first-order chi connectivity index (χ1) is 7.18. The predicted molar refractivity (Wildman–Crippen MR) is 57.5 cm³/mol. The van der Waals surface area contributed by atoms with Gasteiger partial charge in [0, 0.05) is 20.4 Å². The van der Waals surface area contributed by atoms with Crippen LogP contribution in [0.2, 0.25) is 0 Å². The number of hydrogen-bond acceptors (Lipinski definition) is 3. The third-order valence-electron chi connectivity index (χ3n) is 2.39. The van der Waals surface area contributed by atoms with E-state index in [0.717, 1.165) is 18.5 Å². The van der Waals surface area contributed by atoms with Crippen LogP contribution in [0, 0.1) is 6.92 Å². The molecule has 0 fully saturated rings. The molecule has 1 aromatic rings. The zero-order valence-electron chi connectivity index (χ0n) is 8.99. The first-order valence-electron chi connectivity index (χ1n) is 5.10. The molecule has 0 radical (unpaired) electrons. The summed E-state index contributed by atoms with van der Waals surface area (Å²) in [6, 6.07) is 0. The Bertz CT molecular complexity index is 407. The first kappa shape index (κ1) is 9.96. The Hall–Kier alpha value is -1.58. The molecule has 15 heavy (non-hydrogen) atoms. The number of carbonyl (C=O) groups is 1. The Labute approximate surface area is 88.6 Å². The number of rotatable bonds is 0. The lowest BCUT2D eigenvalue weighted by Crippen LogP contribution is -2.30. The molecule has 0 spiro atoms. The lowest BCUT2D eigenvalue weighted by Gasteiger charge is -2.19. The molecule has 0 N–H and O–H groups in total.